The first-order valence-corrected chi connectivity index (χ1v) is 8.94. The van der Waals surface area contributed by atoms with Gasteiger partial charge in [-0.15, -0.1) is 0 Å². The predicted molar refractivity (Wildman–Crippen MR) is 106 cm³/mol. The molecule has 6 nitrogen and oxygen atoms in total. The Bertz CT molecular complexity index is 970. The van der Waals surface area contributed by atoms with Crippen LogP contribution in [0.5, 0.6) is 0 Å². The molecule has 0 saturated heterocycles. The third-order valence-electron chi connectivity index (χ3n) is 3.75. The number of nitrogens with zero attached hydrogens (tertiary/aromatic N) is 2. The number of allylic oxidation sites excluding steroid dienone is 1. The van der Waals surface area contributed by atoms with Gasteiger partial charge in [-0.3, -0.25) is 10.1 Å². The number of aromatic nitrogens is 1. The second kappa shape index (κ2) is 7.55. The molecule has 1 aromatic heterocycles. The quantitative estimate of drug-likeness (QED) is 0.209. The second-order valence-corrected chi connectivity index (χ2v) is 6.78. The Morgan fingerprint density at radius 2 is 2.04 bits per heavy atom. The van der Waals surface area contributed by atoms with Gasteiger partial charge in [0.2, 0.25) is 0 Å². The molecule has 1 heterocycles. The van der Waals surface area contributed by atoms with Crippen LogP contribution in [-0.4, -0.2) is 4.92 Å². The van der Waals surface area contributed by atoms with Crippen molar-refractivity contribution in [1.82, 2.24) is 0 Å². The average molecular weight is 388 g/mol. The lowest BCUT2D eigenvalue weighted by atomic mass is 10.2. The fourth-order valence-electron chi connectivity index (χ4n) is 2.50. The van der Waals surface area contributed by atoms with E-state index in [0.717, 1.165) is 16.4 Å². The highest BCUT2D eigenvalue weighted by atomic mass is 35.5. The number of nitro groups is 1. The van der Waals surface area contributed by atoms with Gasteiger partial charge in [0.25, 0.3) is 5.69 Å². The molecule has 26 heavy (non-hydrogen) atoms. The molecule has 0 bridgehead atoms. The zero-order valence-corrected chi connectivity index (χ0v) is 15.3. The first-order valence-electron chi connectivity index (χ1n) is 7.68. The van der Waals surface area contributed by atoms with E-state index in [-0.39, 0.29) is 11.4 Å². The molecular formula is C18H16ClN4O2S+. The Morgan fingerprint density at radius 3 is 2.69 bits per heavy atom. The number of nitrogens with two attached hydrogens (primary N) is 1. The number of thiazole rings is 1. The highest BCUT2D eigenvalue weighted by molar-refractivity contribution is 7.13. The van der Waals surface area contributed by atoms with Gasteiger partial charge in [-0.05, 0) is 36.4 Å². The highest BCUT2D eigenvalue weighted by Gasteiger charge is 2.20. The van der Waals surface area contributed by atoms with E-state index >= 15 is 0 Å². The molecule has 132 valence electrons. The standard InChI is InChI=1S/C18H15ClN4O2S/c1-2-9-22-17(12-3-5-13(19)6-4-12)11-26-18(22)21-14-7-8-15(20)16(10-14)23(24)25/h2-8,10-11H,1,9,20H2/p+1. The van der Waals surface area contributed by atoms with Crippen molar-refractivity contribution in [2.24, 2.45) is 0 Å². The molecule has 2 aromatic carbocycles. The van der Waals surface area contributed by atoms with E-state index in [1.807, 2.05) is 34.2 Å². The van der Waals surface area contributed by atoms with E-state index in [1.165, 1.54) is 23.5 Å². The smallest absolute Gasteiger partial charge is 0.339 e. The van der Waals surface area contributed by atoms with E-state index in [0.29, 0.717) is 17.3 Å². The van der Waals surface area contributed by atoms with Gasteiger partial charge in [0, 0.05) is 16.0 Å². The first-order chi connectivity index (χ1) is 12.5. The van der Waals surface area contributed by atoms with Crippen molar-refractivity contribution in [3.8, 4) is 11.3 Å². The lowest BCUT2D eigenvalue weighted by molar-refractivity contribution is -0.657. The van der Waals surface area contributed by atoms with E-state index < -0.39 is 4.92 Å². The molecule has 0 unspecified atom stereocenters. The third kappa shape index (κ3) is 3.68. The molecule has 0 atom stereocenters. The SMILES string of the molecule is C=CC[n+]1c(-c2ccc(Cl)cc2)csc1Nc1ccc(N)c([N+](=O)[O-])c1. The number of rotatable bonds is 6. The van der Waals surface area contributed by atoms with Crippen molar-refractivity contribution in [2.45, 2.75) is 6.54 Å². The van der Waals surface area contributed by atoms with Gasteiger partial charge in [-0.2, -0.15) is 0 Å². The molecule has 0 saturated carbocycles. The molecule has 3 rings (SSSR count). The van der Waals surface area contributed by atoms with Crippen LogP contribution in [0, 0.1) is 10.1 Å². The minimum absolute atomic E-state index is 0.125. The van der Waals surface area contributed by atoms with Crippen LogP contribution < -0.4 is 15.6 Å². The topological polar surface area (TPSA) is 85.1 Å². The van der Waals surface area contributed by atoms with Gasteiger partial charge in [0.1, 0.15) is 23.6 Å². The molecule has 0 radical (unpaired) electrons. The van der Waals surface area contributed by atoms with Crippen molar-refractivity contribution in [1.29, 1.82) is 0 Å². The maximum absolute atomic E-state index is 11.1. The maximum atomic E-state index is 11.1. The molecule has 3 N–H and O–H groups in total. The van der Waals surface area contributed by atoms with E-state index in [4.69, 9.17) is 17.3 Å². The Balaban J connectivity index is 1.98. The summed E-state index contributed by atoms with van der Waals surface area (Å²) in [6, 6.07) is 12.2. The Labute approximate surface area is 159 Å². The summed E-state index contributed by atoms with van der Waals surface area (Å²) in [4.78, 5) is 10.6. The summed E-state index contributed by atoms with van der Waals surface area (Å²) in [6.45, 7) is 4.39. The summed E-state index contributed by atoms with van der Waals surface area (Å²) in [5.41, 5.74) is 8.27. The summed E-state index contributed by atoms with van der Waals surface area (Å²) in [6.07, 6.45) is 1.79. The highest BCUT2D eigenvalue weighted by Crippen LogP contribution is 2.30. The molecule has 0 aliphatic rings. The summed E-state index contributed by atoms with van der Waals surface area (Å²) in [5.74, 6) is 0. The molecule has 3 aromatic rings. The van der Waals surface area contributed by atoms with Crippen LogP contribution in [0.15, 0.2) is 60.5 Å². The number of nitro benzene ring substituents is 1. The zero-order valence-electron chi connectivity index (χ0n) is 13.7. The number of anilines is 3. The van der Waals surface area contributed by atoms with Gasteiger partial charge >= 0.3 is 5.13 Å². The van der Waals surface area contributed by atoms with Gasteiger partial charge in [-0.25, -0.2) is 9.88 Å². The van der Waals surface area contributed by atoms with Crippen LogP contribution in [0.1, 0.15) is 0 Å². The van der Waals surface area contributed by atoms with E-state index in [9.17, 15) is 10.1 Å². The lowest BCUT2D eigenvalue weighted by Gasteiger charge is -2.05. The summed E-state index contributed by atoms with van der Waals surface area (Å²) >= 11 is 7.47. The number of benzene rings is 2. The van der Waals surface area contributed by atoms with Gasteiger partial charge < -0.3 is 5.73 Å². The minimum Gasteiger partial charge on any atom is -0.393 e. The molecule has 8 heteroatoms. The number of nitrogens with one attached hydrogen (secondary N) is 1. The van der Waals surface area contributed by atoms with Crippen molar-refractivity contribution < 1.29 is 9.49 Å². The predicted octanol–water partition coefficient (Wildman–Crippen LogP) is 4.78. The summed E-state index contributed by atoms with van der Waals surface area (Å²) in [5, 5.41) is 17.8. The molecule has 0 amide bonds. The molecule has 0 spiro atoms. The van der Waals surface area contributed by atoms with Gasteiger partial charge in [0.15, 0.2) is 0 Å². The van der Waals surface area contributed by atoms with Crippen LogP contribution in [0.25, 0.3) is 11.3 Å². The second-order valence-electron chi connectivity index (χ2n) is 5.49. The fourth-order valence-corrected chi connectivity index (χ4v) is 3.59. The van der Waals surface area contributed by atoms with E-state index in [1.54, 1.807) is 12.1 Å². The molecule has 0 fully saturated rings. The number of nitrogen functional groups attached to an aromatic ring is 1. The first kappa shape index (κ1) is 17.9. The van der Waals surface area contributed by atoms with Crippen LogP contribution >= 0.6 is 22.9 Å². The van der Waals surface area contributed by atoms with Crippen LogP contribution in [0.2, 0.25) is 5.02 Å². The zero-order chi connectivity index (χ0) is 18.7. The average Bonchev–Trinajstić information content (AvgIpc) is 3.00. The molecule has 0 aliphatic carbocycles. The van der Waals surface area contributed by atoms with Crippen molar-refractivity contribution in [3.63, 3.8) is 0 Å². The monoisotopic (exact) mass is 387 g/mol. The van der Waals surface area contributed by atoms with Crippen LogP contribution in [0.3, 0.4) is 0 Å². The largest absolute Gasteiger partial charge is 0.393 e. The normalized spacial score (nSPS) is 10.5. The van der Waals surface area contributed by atoms with Gasteiger partial charge in [0.05, 0.1) is 11.0 Å². The number of halogens is 1. The minimum atomic E-state index is -0.494. The van der Waals surface area contributed by atoms with Crippen molar-refractivity contribution >= 4 is 45.1 Å². The Kier molecular flexibility index (Phi) is 5.20. The fraction of sp³-hybridized carbons (Fsp3) is 0.0556. The van der Waals surface area contributed by atoms with E-state index in [2.05, 4.69) is 11.9 Å². The van der Waals surface area contributed by atoms with Crippen molar-refractivity contribution in [3.05, 3.63) is 75.6 Å². The van der Waals surface area contributed by atoms with Crippen molar-refractivity contribution in [2.75, 3.05) is 11.1 Å². The van der Waals surface area contributed by atoms with Crippen LogP contribution in [-0.2, 0) is 6.54 Å². The number of hydrogen-bond acceptors (Lipinski definition) is 5. The Morgan fingerprint density at radius 1 is 1.31 bits per heavy atom. The maximum Gasteiger partial charge on any atom is 0.339 e. The van der Waals surface area contributed by atoms with Gasteiger partial charge in [-0.1, -0.05) is 35.6 Å². The third-order valence-corrected chi connectivity index (χ3v) is 4.89. The van der Waals surface area contributed by atoms with Crippen LogP contribution in [0.4, 0.5) is 22.2 Å². The number of hydrogen-bond donors (Lipinski definition) is 2. The molecule has 0 aliphatic heterocycles. The lowest BCUT2D eigenvalue weighted by Crippen LogP contribution is -2.35. The Hall–Kier alpha value is -2.90. The summed E-state index contributed by atoms with van der Waals surface area (Å²) < 4.78 is 2.04. The summed E-state index contributed by atoms with van der Waals surface area (Å²) in [7, 11) is 0. The molecular weight excluding hydrogens is 372 g/mol.